The quantitative estimate of drug-likeness (QED) is 0.513. The topological polar surface area (TPSA) is 130 Å². The molecule has 0 bridgehead atoms. The third-order valence-electron chi connectivity index (χ3n) is 2.69. The van der Waals surface area contributed by atoms with Crippen molar-refractivity contribution in [2.24, 2.45) is 0 Å². The van der Waals surface area contributed by atoms with Gasteiger partial charge in [-0.2, -0.15) is 0 Å². The van der Waals surface area contributed by atoms with Crippen molar-refractivity contribution in [1.29, 1.82) is 0 Å². The summed E-state index contributed by atoms with van der Waals surface area (Å²) in [6, 6.07) is 2.46. The molecule has 1 aromatic rings. The summed E-state index contributed by atoms with van der Waals surface area (Å²) < 4.78 is 0. The number of aliphatic hydroxyl groups excluding tert-OH is 1. The number of nitrogens with one attached hydrogen (secondary N) is 1. The van der Waals surface area contributed by atoms with Gasteiger partial charge in [-0.05, 0) is 18.6 Å². The maximum Gasteiger partial charge on any atom is 0.326 e. The van der Waals surface area contributed by atoms with E-state index in [0.29, 0.717) is 5.56 Å². The SMILES string of the molecule is Cc1cc([N+](=O)[O-])ccc1C(=O)NC(CCO)C(=O)O. The van der Waals surface area contributed by atoms with E-state index in [2.05, 4.69) is 5.32 Å². The molecule has 0 aliphatic heterocycles. The zero-order valence-corrected chi connectivity index (χ0v) is 10.7. The molecule has 0 fully saturated rings. The average molecular weight is 282 g/mol. The van der Waals surface area contributed by atoms with Crippen LogP contribution in [0.15, 0.2) is 18.2 Å². The van der Waals surface area contributed by atoms with Gasteiger partial charge in [0.2, 0.25) is 0 Å². The lowest BCUT2D eigenvalue weighted by Gasteiger charge is -2.14. The van der Waals surface area contributed by atoms with Gasteiger partial charge in [-0.1, -0.05) is 0 Å². The fourth-order valence-electron chi connectivity index (χ4n) is 1.64. The molecule has 1 rings (SSSR count). The molecule has 0 aliphatic carbocycles. The van der Waals surface area contributed by atoms with Gasteiger partial charge in [-0.3, -0.25) is 14.9 Å². The molecule has 1 unspecified atom stereocenters. The predicted molar refractivity (Wildman–Crippen MR) is 68.4 cm³/mol. The van der Waals surface area contributed by atoms with Gasteiger partial charge in [-0.15, -0.1) is 0 Å². The van der Waals surface area contributed by atoms with Crippen LogP contribution in [-0.2, 0) is 4.79 Å². The predicted octanol–water partition coefficient (Wildman–Crippen LogP) is 0.469. The molecule has 1 aromatic carbocycles. The fraction of sp³-hybridized carbons (Fsp3) is 0.333. The summed E-state index contributed by atoms with van der Waals surface area (Å²) in [5.74, 6) is -1.91. The molecule has 20 heavy (non-hydrogen) atoms. The molecule has 108 valence electrons. The van der Waals surface area contributed by atoms with E-state index in [9.17, 15) is 19.7 Å². The molecule has 1 amide bonds. The lowest BCUT2D eigenvalue weighted by Crippen LogP contribution is -2.41. The van der Waals surface area contributed by atoms with E-state index >= 15 is 0 Å². The number of carbonyl (C=O) groups excluding carboxylic acids is 1. The van der Waals surface area contributed by atoms with E-state index < -0.39 is 22.8 Å². The van der Waals surface area contributed by atoms with Crippen LogP contribution < -0.4 is 5.32 Å². The summed E-state index contributed by atoms with van der Waals surface area (Å²) >= 11 is 0. The second-order valence-corrected chi connectivity index (χ2v) is 4.13. The number of hydrogen-bond donors (Lipinski definition) is 3. The molecule has 0 aliphatic rings. The number of hydrogen-bond acceptors (Lipinski definition) is 5. The first-order chi connectivity index (χ1) is 9.36. The highest BCUT2D eigenvalue weighted by Gasteiger charge is 2.21. The van der Waals surface area contributed by atoms with Crippen molar-refractivity contribution in [2.45, 2.75) is 19.4 Å². The number of aliphatic hydroxyl groups is 1. The summed E-state index contributed by atoms with van der Waals surface area (Å²) in [5, 5.41) is 30.4. The van der Waals surface area contributed by atoms with Crippen molar-refractivity contribution in [3.63, 3.8) is 0 Å². The number of aliphatic carboxylic acids is 1. The number of nitro benzene ring substituents is 1. The smallest absolute Gasteiger partial charge is 0.326 e. The van der Waals surface area contributed by atoms with Crippen molar-refractivity contribution >= 4 is 17.6 Å². The van der Waals surface area contributed by atoms with Gasteiger partial charge in [0, 0.05) is 30.7 Å². The number of rotatable bonds is 6. The Morgan fingerprint density at radius 3 is 2.55 bits per heavy atom. The van der Waals surface area contributed by atoms with E-state index in [1.807, 2.05) is 0 Å². The lowest BCUT2D eigenvalue weighted by atomic mass is 10.1. The Morgan fingerprint density at radius 2 is 2.10 bits per heavy atom. The Morgan fingerprint density at radius 1 is 1.45 bits per heavy atom. The van der Waals surface area contributed by atoms with Crippen LogP contribution >= 0.6 is 0 Å². The molecule has 8 nitrogen and oxygen atoms in total. The minimum atomic E-state index is -1.26. The van der Waals surface area contributed by atoms with Crippen LogP contribution in [0.1, 0.15) is 22.3 Å². The van der Waals surface area contributed by atoms with Crippen LogP contribution in [0, 0.1) is 17.0 Å². The number of benzene rings is 1. The first kappa shape index (κ1) is 15.6. The zero-order chi connectivity index (χ0) is 15.3. The Labute approximate surface area is 114 Å². The monoisotopic (exact) mass is 282 g/mol. The molecule has 0 aromatic heterocycles. The van der Waals surface area contributed by atoms with Crippen LogP contribution in [0.5, 0.6) is 0 Å². The number of carbonyl (C=O) groups is 2. The molecule has 0 heterocycles. The number of non-ortho nitro benzene ring substituents is 1. The minimum Gasteiger partial charge on any atom is -0.480 e. The highest BCUT2D eigenvalue weighted by Crippen LogP contribution is 2.17. The first-order valence-electron chi connectivity index (χ1n) is 5.76. The number of aryl methyl sites for hydroxylation is 1. The van der Waals surface area contributed by atoms with E-state index in [-0.39, 0.29) is 24.3 Å². The Bertz CT molecular complexity index is 543. The van der Waals surface area contributed by atoms with Crippen molar-refractivity contribution < 1.29 is 24.7 Å². The zero-order valence-electron chi connectivity index (χ0n) is 10.7. The molecule has 0 saturated heterocycles. The summed E-state index contributed by atoms with van der Waals surface area (Å²) in [5.41, 5.74) is 0.369. The molecule has 8 heteroatoms. The number of carboxylic acid groups (broad SMARTS) is 1. The van der Waals surface area contributed by atoms with E-state index in [0.717, 1.165) is 0 Å². The van der Waals surface area contributed by atoms with Gasteiger partial charge in [0.15, 0.2) is 0 Å². The van der Waals surface area contributed by atoms with Gasteiger partial charge >= 0.3 is 5.97 Å². The molecular formula is C12H14N2O6. The molecule has 0 saturated carbocycles. The molecule has 1 atom stereocenters. The van der Waals surface area contributed by atoms with Gasteiger partial charge in [-0.25, -0.2) is 4.79 Å². The van der Waals surface area contributed by atoms with Crippen molar-refractivity contribution in [1.82, 2.24) is 5.32 Å². The number of amides is 1. The number of nitrogens with zero attached hydrogens (tertiary/aromatic N) is 1. The minimum absolute atomic E-state index is 0.118. The van der Waals surface area contributed by atoms with Crippen LogP contribution in [0.2, 0.25) is 0 Å². The third kappa shape index (κ3) is 3.75. The molecular weight excluding hydrogens is 268 g/mol. The Kier molecular flexibility index (Phi) is 5.15. The van der Waals surface area contributed by atoms with Crippen molar-refractivity contribution in [3.8, 4) is 0 Å². The first-order valence-corrected chi connectivity index (χ1v) is 5.76. The number of nitro groups is 1. The normalized spacial score (nSPS) is 11.7. The van der Waals surface area contributed by atoms with Crippen LogP contribution in [0.25, 0.3) is 0 Å². The van der Waals surface area contributed by atoms with Crippen LogP contribution in [0.3, 0.4) is 0 Å². The van der Waals surface area contributed by atoms with Gasteiger partial charge in [0.1, 0.15) is 6.04 Å². The summed E-state index contributed by atoms with van der Waals surface area (Å²) in [6.07, 6.45) is -0.118. The van der Waals surface area contributed by atoms with Crippen LogP contribution in [0.4, 0.5) is 5.69 Å². The van der Waals surface area contributed by atoms with E-state index in [4.69, 9.17) is 10.2 Å². The van der Waals surface area contributed by atoms with Crippen molar-refractivity contribution in [3.05, 3.63) is 39.4 Å². The maximum atomic E-state index is 11.9. The highest BCUT2D eigenvalue weighted by atomic mass is 16.6. The summed E-state index contributed by atoms with van der Waals surface area (Å²) in [7, 11) is 0. The second-order valence-electron chi connectivity index (χ2n) is 4.13. The Hall–Kier alpha value is -2.48. The fourth-order valence-corrected chi connectivity index (χ4v) is 1.64. The lowest BCUT2D eigenvalue weighted by molar-refractivity contribution is -0.384. The number of carboxylic acids is 1. The largest absolute Gasteiger partial charge is 0.480 e. The van der Waals surface area contributed by atoms with Gasteiger partial charge in [0.25, 0.3) is 11.6 Å². The van der Waals surface area contributed by atoms with E-state index in [1.165, 1.54) is 25.1 Å². The third-order valence-corrected chi connectivity index (χ3v) is 2.69. The second kappa shape index (κ2) is 6.62. The van der Waals surface area contributed by atoms with Gasteiger partial charge in [0.05, 0.1) is 4.92 Å². The van der Waals surface area contributed by atoms with Crippen LogP contribution in [-0.4, -0.2) is 39.7 Å². The summed E-state index contributed by atoms with van der Waals surface area (Å²) in [4.78, 5) is 32.8. The maximum absolute atomic E-state index is 11.9. The summed E-state index contributed by atoms with van der Waals surface area (Å²) in [6.45, 7) is 1.14. The molecule has 0 radical (unpaired) electrons. The highest BCUT2D eigenvalue weighted by molar-refractivity contribution is 5.98. The van der Waals surface area contributed by atoms with E-state index in [1.54, 1.807) is 0 Å². The molecule has 0 spiro atoms. The average Bonchev–Trinajstić information content (AvgIpc) is 2.37. The standard InChI is InChI=1S/C12H14N2O6/c1-7-6-8(14(19)20)2-3-9(7)11(16)13-10(4-5-15)12(17)18/h2-3,6,10,15H,4-5H2,1H3,(H,13,16)(H,17,18). The van der Waals surface area contributed by atoms with Crippen molar-refractivity contribution in [2.75, 3.05) is 6.61 Å². The Balaban J connectivity index is 2.92. The molecule has 3 N–H and O–H groups in total. The van der Waals surface area contributed by atoms with Gasteiger partial charge < -0.3 is 15.5 Å².